The van der Waals surface area contributed by atoms with Gasteiger partial charge >= 0.3 is 0 Å². The summed E-state index contributed by atoms with van der Waals surface area (Å²) in [6.07, 6.45) is 0. The quantitative estimate of drug-likeness (QED) is 0.381. The molecule has 32 heavy (non-hydrogen) atoms. The van der Waals surface area contributed by atoms with E-state index in [0.717, 1.165) is 11.1 Å². The molecule has 8 heteroatoms. The molecule has 2 heterocycles. The molecule has 0 radical (unpaired) electrons. The molecule has 160 valence electrons. The van der Waals surface area contributed by atoms with Gasteiger partial charge in [-0.25, -0.2) is 15.3 Å². The van der Waals surface area contributed by atoms with Crippen molar-refractivity contribution in [3.8, 4) is 0 Å². The summed E-state index contributed by atoms with van der Waals surface area (Å²) in [5.41, 5.74) is 5.57. The van der Waals surface area contributed by atoms with Crippen LogP contribution in [0.15, 0.2) is 84.9 Å². The van der Waals surface area contributed by atoms with Crippen LogP contribution in [-0.2, 0) is 16.1 Å². The summed E-state index contributed by atoms with van der Waals surface area (Å²) >= 11 is 0. The number of imide groups is 1. The first kappa shape index (κ1) is 20.0. The zero-order chi connectivity index (χ0) is 22.2. The average molecular weight is 428 g/mol. The summed E-state index contributed by atoms with van der Waals surface area (Å²) in [5.74, 6) is -1.20. The number of nitrogens with one attached hydrogen (secondary N) is 1. The number of carbonyl (C=O) groups is 2. The number of nitro groups is 1. The number of hydrazine groups is 1. The molecule has 0 bridgehead atoms. The lowest BCUT2D eigenvalue weighted by atomic mass is 9.91. The molecule has 2 amide bonds. The van der Waals surface area contributed by atoms with Crippen LogP contribution in [0.5, 0.6) is 0 Å². The molecular formula is C24H20N4O4. The highest BCUT2D eigenvalue weighted by molar-refractivity contribution is 6.24. The third-order valence-corrected chi connectivity index (χ3v) is 5.99. The lowest BCUT2D eigenvalue weighted by Crippen LogP contribution is -2.45. The zero-order valence-electron chi connectivity index (χ0n) is 17.0. The number of fused-ring (bicyclic) bond motifs is 1. The third-order valence-electron chi connectivity index (χ3n) is 5.99. The smallest absolute Gasteiger partial charge is 0.269 e. The summed E-state index contributed by atoms with van der Waals surface area (Å²) in [6.45, 7) is 0.438. The molecule has 1 N–H and O–H groups in total. The number of nitro benzene ring substituents is 1. The minimum atomic E-state index is -0.678. The van der Waals surface area contributed by atoms with E-state index in [9.17, 15) is 19.7 Å². The summed E-state index contributed by atoms with van der Waals surface area (Å²) in [5, 5.41) is 12.9. The highest BCUT2D eigenvalue weighted by Crippen LogP contribution is 2.42. The molecule has 8 nitrogen and oxygen atoms in total. The average Bonchev–Trinajstić information content (AvgIpc) is 3.31. The molecule has 5 rings (SSSR count). The van der Waals surface area contributed by atoms with Crippen LogP contribution in [-0.4, -0.2) is 27.8 Å². The number of benzene rings is 3. The Bertz CT molecular complexity index is 1170. The van der Waals surface area contributed by atoms with Gasteiger partial charge in [0.2, 0.25) is 5.91 Å². The molecule has 0 unspecified atom stereocenters. The summed E-state index contributed by atoms with van der Waals surface area (Å²) in [7, 11) is 0. The first-order valence-corrected chi connectivity index (χ1v) is 10.3. The normalized spacial score (nSPS) is 22.9. The number of hydrogen-bond donors (Lipinski definition) is 1. The van der Waals surface area contributed by atoms with Gasteiger partial charge < -0.3 is 0 Å². The number of carbonyl (C=O) groups excluding carboxylic acids is 2. The van der Waals surface area contributed by atoms with Crippen molar-refractivity contribution in [3.05, 3.63) is 106 Å². The van der Waals surface area contributed by atoms with E-state index in [1.165, 1.54) is 17.0 Å². The van der Waals surface area contributed by atoms with Crippen LogP contribution in [0.3, 0.4) is 0 Å². The van der Waals surface area contributed by atoms with Gasteiger partial charge in [-0.3, -0.25) is 19.7 Å². The molecule has 2 aliphatic rings. The first-order chi connectivity index (χ1) is 15.5. The van der Waals surface area contributed by atoms with Gasteiger partial charge in [0.15, 0.2) is 0 Å². The molecule has 0 aliphatic carbocycles. The standard InChI is InChI=1S/C24H20N4O4/c29-23-20-21(17-11-13-19(14-12-17)28(31)32)25-26(15-16-7-3-1-4-8-16)22(20)24(30)27(23)18-9-5-2-6-10-18/h1-14,20-22,25H,15H2/t20-,21+,22-/m0/s1. The zero-order valence-corrected chi connectivity index (χ0v) is 17.0. The van der Waals surface area contributed by atoms with E-state index >= 15 is 0 Å². The fourth-order valence-electron chi connectivity index (χ4n) is 4.51. The molecule has 0 aromatic heterocycles. The summed E-state index contributed by atoms with van der Waals surface area (Å²) < 4.78 is 0. The summed E-state index contributed by atoms with van der Waals surface area (Å²) in [6, 6.07) is 23.6. The third kappa shape index (κ3) is 3.35. The number of rotatable bonds is 5. The van der Waals surface area contributed by atoms with Crippen LogP contribution < -0.4 is 10.3 Å². The molecule has 2 aliphatic heterocycles. The van der Waals surface area contributed by atoms with Crippen molar-refractivity contribution in [1.82, 2.24) is 10.4 Å². The molecule has 0 saturated carbocycles. The van der Waals surface area contributed by atoms with E-state index in [1.807, 2.05) is 41.4 Å². The molecular weight excluding hydrogens is 408 g/mol. The Morgan fingerprint density at radius 1 is 0.844 bits per heavy atom. The molecule has 2 fully saturated rings. The van der Waals surface area contributed by atoms with Gasteiger partial charge in [0, 0.05) is 18.7 Å². The van der Waals surface area contributed by atoms with Crippen LogP contribution >= 0.6 is 0 Å². The number of para-hydroxylation sites is 1. The van der Waals surface area contributed by atoms with E-state index in [-0.39, 0.29) is 17.5 Å². The highest BCUT2D eigenvalue weighted by atomic mass is 16.6. The second-order valence-electron chi connectivity index (χ2n) is 7.89. The minimum Gasteiger partial charge on any atom is -0.274 e. The summed E-state index contributed by atoms with van der Waals surface area (Å²) in [4.78, 5) is 38.8. The number of amides is 2. The Kier molecular flexibility index (Phi) is 5.01. The van der Waals surface area contributed by atoms with Crippen molar-refractivity contribution in [2.45, 2.75) is 18.6 Å². The Hall–Kier alpha value is -3.88. The monoisotopic (exact) mass is 428 g/mol. The van der Waals surface area contributed by atoms with Crippen molar-refractivity contribution in [2.24, 2.45) is 5.92 Å². The lowest BCUT2D eigenvalue weighted by Gasteiger charge is -2.25. The molecule has 0 spiro atoms. The van der Waals surface area contributed by atoms with Crippen LogP contribution in [0.2, 0.25) is 0 Å². The second kappa shape index (κ2) is 7.99. The predicted molar refractivity (Wildman–Crippen MR) is 117 cm³/mol. The molecule has 3 atom stereocenters. The maximum atomic E-state index is 13.5. The Labute approximate surface area is 184 Å². The fraction of sp³-hybridized carbons (Fsp3) is 0.167. The van der Waals surface area contributed by atoms with Gasteiger partial charge in [0.05, 0.1) is 22.6 Å². The molecule has 2 saturated heterocycles. The highest BCUT2D eigenvalue weighted by Gasteiger charge is 2.58. The maximum absolute atomic E-state index is 13.5. The first-order valence-electron chi connectivity index (χ1n) is 10.3. The molecule has 3 aromatic carbocycles. The van der Waals surface area contributed by atoms with Crippen LogP contribution in [0.25, 0.3) is 0 Å². The van der Waals surface area contributed by atoms with E-state index in [0.29, 0.717) is 12.2 Å². The van der Waals surface area contributed by atoms with Crippen molar-refractivity contribution >= 4 is 23.2 Å². The van der Waals surface area contributed by atoms with Gasteiger partial charge in [0.25, 0.3) is 11.6 Å². The Balaban J connectivity index is 1.53. The second-order valence-corrected chi connectivity index (χ2v) is 7.89. The van der Waals surface area contributed by atoms with Gasteiger partial charge in [-0.1, -0.05) is 60.7 Å². The van der Waals surface area contributed by atoms with Crippen molar-refractivity contribution in [2.75, 3.05) is 4.90 Å². The predicted octanol–water partition coefficient (Wildman–Crippen LogP) is 3.21. The number of nitrogens with zero attached hydrogens (tertiary/aromatic N) is 3. The van der Waals surface area contributed by atoms with Gasteiger partial charge in [-0.2, -0.15) is 0 Å². The maximum Gasteiger partial charge on any atom is 0.269 e. The minimum absolute atomic E-state index is 0.0239. The van der Waals surface area contributed by atoms with E-state index in [4.69, 9.17) is 0 Å². The SMILES string of the molecule is O=C1[C@H]2[C@@H](c3ccc([N+](=O)[O-])cc3)NN(Cc3ccccc3)[C@@H]2C(=O)N1c1ccccc1. The number of hydrogen-bond acceptors (Lipinski definition) is 6. The van der Waals surface area contributed by atoms with E-state index < -0.39 is 22.9 Å². The van der Waals surface area contributed by atoms with E-state index in [1.54, 1.807) is 36.4 Å². The largest absolute Gasteiger partial charge is 0.274 e. The Morgan fingerprint density at radius 3 is 2.09 bits per heavy atom. The van der Waals surface area contributed by atoms with Crippen LogP contribution in [0.1, 0.15) is 17.2 Å². The Morgan fingerprint density at radius 2 is 1.47 bits per heavy atom. The topological polar surface area (TPSA) is 95.8 Å². The fourth-order valence-corrected chi connectivity index (χ4v) is 4.51. The van der Waals surface area contributed by atoms with E-state index in [2.05, 4.69) is 5.43 Å². The van der Waals surface area contributed by atoms with Crippen molar-refractivity contribution < 1.29 is 14.5 Å². The number of non-ortho nitro benzene ring substituents is 1. The van der Waals surface area contributed by atoms with Gasteiger partial charge in [-0.15, -0.1) is 0 Å². The van der Waals surface area contributed by atoms with Crippen LogP contribution in [0, 0.1) is 16.0 Å². The lowest BCUT2D eigenvalue weighted by molar-refractivity contribution is -0.384. The van der Waals surface area contributed by atoms with Gasteiger partial charge in [0.1, 0.15) is 6.04 Å². The number of anilines is 1. The van der Waals surface area contributed by atoms with Crippen LogP contribution in [0.4, 0.5) is 11.4 Å². The van der Waals surface area contributed by atoms with Gasteiger partial charge in [-0.05, 0) is 23.3 Å². The molecule has 3 aromatic rings. The van der Waals surface area contributed by atoms with Crippen molar-refractivity contribution in [3.63, 3.8) is 0 Å². The van der Waals surface area contributed by atoms with Crippen molar-refractivity contribution in [1.29, 1.82) is 0 Å².